The van der Waals surface area contributed by atoms with Crippen LogP contribution in [-0.4, -0.2) is 120 Å². The van der Waals surface area contributed by atoms with Gasteiger partial charge in [0.2, 0.25) is 0 Å². The van der Waals surface area contributed by atoms with E-state index in [-0.39, 0.29) is 50.2 Å². The molecule has 2 aliphatic rings. The SMILES string of the molecule is CCCCOC(=O)C(CC(C)C(=O)OC)ON1C(C)(C)CC(OC(=O)CCCCCCCCC(=O)OC2CC(C)(C)N(OC(CC(C)C(=O)OC)C(=O)OCCCC)C(C)(C)C2)CC1(C)C. The normalized spacial score (nSPS) is 20.3. The fraction of sp³-hybridized carbons (Fsp3) is 0.880. The smallest absolute Gasteiger partial charge is 0.337 e. The van der Waals surface area contributed by atoms with E-state index in [1.807, 2.05) is 79.4 Å². The standard InChI is InChI=1S/C50H88N2O14/c1-15-17-27-61-45(57)39(29-35(3)43(55)59-13)65-51-47(5,6)31-37(32-48(51,7)8)63-41(53)25-23-21-19-20-22-24-26-42(54)64-38-33-49(9,10)52(50(11,12)34-38)66-40(30-36(4)44(56)60-14)46(58)62-28-18-16-2/h35-40H,15-34H2,1-14H3. The van der Waals surface area contributed by atoms with Gasteiger partial charge < -0.3 is 28.4 Å². The molecule has 16 nitrogen and oxygen atoms in total. The van der Waals surface area contributed by atoms with Gasteiger partial charge in [0.15, 0.2) is 12.2 Å². The predicted molar refractivity (Wildman–Crippen MR) is 248 cm³/mol. The van der Waals surface area contributed by atoms with E-state index in [1.54, 1.807) is 13.8 Å². The van der Waals surface area contributed by atoms with Crippen molar-refractivity contribution in [2.45, 2.75) is 245 Å². The highest BCUT2D eigenvalue weighted by Gasteiger charge is 2.51. The number of hydrogen-bond donors (Lipinski definition) is 0. The second-order valence-electron chi connectivity index (χ2n) is 21.1. The molecule has 2 heterocycles. The van der Waals surface area contributed by atoms with Crippen molar-refractivity contribution in [3.05, 3.63) is 0 Å². The van der Waals surface area contributed by atoms with Crippen LogP contribution in [0.3, 0.4) is 0 Å². The Bertz CT molecular complexity index is 1400. The molecule has 2 aliphatic heterocycles. The third kappa shape index (κ3) is 19.3. The summed E-state index contributed by atoms with van der Waals surface area (Å²) in [6.45, 7) is 23.9. The van der Waals surface area contributed by atoms with Crippen molar-refractivity contribution < 1.29 is 66.9 Å². The lowest BCUT2D eigenvalue weighted by molar-refractivity contribution is -0.314. The summed E-state index contributed by atoms with van der Waals surface area (Å²) in [7, 11) is 2.63. The number of carbonyl (C=O) groups excluding carboxylic acids is 6. The molecule has 2 rings (SSSR count). The zero-order valence-electron chi connectivity index (χ0n) is 43.2. The highest BCUT2D eigenvalue weighted by Crippen LogP contribution is 2.42. The Morgan fingerprint density at radius 2 is 0.788 bits per heavy atom. The molecule has 0 radical (unpaired) electrons. The zero-order valence-corrected chi connectivity index (χ0v) is 43.2. The summed E-state index contributed by atoms with van der Waals surface area (Å²) in [5.74, 6) is -3.55. The molecule has 0 amide bonds. The van der Waals surface area contributed by atoms with Crippen LogP contribution in [0, 0.1) is 11.8 Å². The lowest BCUT2D eigenvalue weighted by atomic mass is 9.80. The number of ether oxygens (including phenoxy) is 6. The molecule has 0 aromatic heterocycles. The van der Waals surface area contributed by atoms with E-state index in [0.29, 0.717) is 51.4 Å². The molecule has 2 saturated heterocycles. The number of esters is 6. The summed E-state index contributed by atoms with van der Waals surface area (Å²) in [6, 6.07) is 0. The van der Waals surface area contributed by atoms with Crippen LogP contribution < -0.4 is 0 Å². The number of piperidine rings is 2. The highest BCUT2D eigenvalue weighted by atomic mass is 16.7. The zero-order chi connectivity index (χ0) is 49.9. The Morgan fingerprint density at radius 3 is 1.08 bits per heavy atom. The largest absolute Gasteiger partial charge is 0.469 e. The Balaban J connectivity index is 1.80. The summed E-state index contributed by atoms with van der Waals surface area (Å²) in [6.07, 6.45) is 8.31. The first-order valence-corrected chi connectivity index (χ1v) is 24.7. The van der Waals surface area contributed by atoms with Gasteiger partial charge in [-0.1, -0.05) is 66.2 Å². The number of hydrogen-bond acceptors (Lipinski definition) is 16. The summed E-state index contributed by atoms with van der Waals surface area (Å²) < 4.78 is 32.8. The minimum atomic E-state index is -1.01. The number of nitrogens with zero attached hydrogens (tertiary/aromatic N) is 2. The van der Waals surface area contributed by atoms with Crippen molar-refractivity contribution in [3.8, 4) is 0 Å². The lowest BCUT2D eigenvalue weighted by Crippen LogP contribution is -2.63. The maximum absolute atomic E-state index is 13.2. The third-order valence-corrected chi connectivity index (χ3v) is 12.5. The second-order valence-corrected chi connectivity index (χ2v) is 21.1. The fourth-order valence-corrected chi connectivity index (χ4v) is 9.49. The van der Waals surface area contributed by atoms with Gasteiger partial charge in [0.1, 0.15) is 12.2 Å². The van der Waals surface area contributed by atoms with Gasteiger partial charge >= 0.3 is 35.8 Å². The topological polar surface area (TPSA) is 183 Å². The van der Waals surface area contributed by atoms with E-state index >= 15 is 0 Å². The summed E-state index contributed by atoms with van der Waals surface area (Å²) in [4.78, 5) is 89.7. The summed E-state index contributed by atoms with van der Waals surface area (Å²) in [5, 5.41) is 3.62. The van der Waals surface area contributed by atoms with E-state index in [2.05, 4.69) is 0 Å². The van der Waals surface area contributed by atoms with Crippen LogP contribution in [0.2, 0.25) is 0 Å². The Hall–Kier alpha value is -3.34. The van der Waals surface area contributed by atoms with Crippen molar-refractivity contribution in [2.75, 3.05) is 27.4 Å². The van der Waals surface area contributed by atoms with Gasteiger partial charge in [-0.2, -0.15) is 10.1 Å². The quantitative estimate of drug-likeness (QED) is 0.0393. The van der Waals surface area contributed by atoms with Crippen LogP contribution in [0.5, 0.6) is 0 Å². The van der Waals surface area contributed by atoms with Crippen molar-refractivity contribution in [2.24, 2.45) is 11.8 Å². The average Bonchev–Trinajstić information content (AvgIpc) is 3.21. The molecule has 2 fully saturated rings. The third-order valence-electron chi connectivity index (χ3n) is 12.5. The molecule has 16 heteroatoms. The Labute approximate surface area is 396 Å². The van der Waals surface area contributed by atoms with Gasteiger partial charge in [-0.05, 0) is 93.9 Å². The molecular formula is C50H88N2O14. The van der Waals surface area contributed by atoms with Gasteiger partial charge in [0.25, 0.3) is 0 Å². The van der Waals surface area contributed by atoms with E-state index in [9.17, 15) is 28.8 Å². The van der Waals surface area contributed by atoms with E-state index in [4.69, 9.17) is 38.1 Å². The molecule has 0 N–H and O–H groups in total. The van der Waals surface area contributed by atoms with Crippen molar-refractivity contribution in [1.82, 2.24) is 10.1 Å². The molecule has 4 atom stereocenters. The van der Waals surface area contributed by atoms with Crippen molar-refractivity contribution in [3.63, 3.8) is 0 Å². The van der Waals surface area contributed by atoms with Gasteiger partial charge in [-0.15, -0.1) is 0 Å². The van der Waals surface area contributed by atoms with Crippen LogP contribution >= 0.6 is 0 Å². The van der Waals surface area contributed by atoms with E-state index in [0.717, 1.165) is 51.4 Å². The van der Waals surface area contributed by atoms with Gasteiger partial charge in [-0.25, -0.2) is 9.59 Å². The van der Waals surface area contributed by atoms with Crippen LogP contribution in [0.25, 0.3) is 0 Å². The molecule has 66 heavy (non-hydrogen) atoms. The summed E-state index contributed by atoms with van der Waals surface area (Å²) >= 11 is 0. The van der Waals surface area contributed by atoms with Crippen LogP contribution in [-0.2, 0) is 66.9 Å². The second kappa shape index (κ2) is 27.6. The van der Waals surface area contributed by atoms with Gasteiger partial charge in [0, 0.05) is 60.7 Å². The first-order chi connectivity index (χ1) is 30.8. The fourth-order valence-electron chi connectivity index (χ4n) is 9.49. The number of unbranched alkanes of at least 4 members (excludes halogenated alkanes) is 7. The molecule has 382 valence electrons. The van der Waals surface area contributed by atoms with Crippen molar-refractivity contribution in [1.29, 1.82) is 0 Å². The molecular weight excluding hydrogens is 853 g/mol. The van der Waals surface area contributed by atoms with Crippen LogP contribution in [0.15, 0.2) is 0 Å². The first-order valence-electron chi connectivity index (χ1n) is 24.7. The lowest BCUT2D eigenvalue weighted by Gasteiger charge is -2.54. The molecule has 0 spiro atoms. The number of methoxy groups -OCH3 is 2. The van der Waals surface area contributed by atoms with Gasteiger partial charge in [0.05, 0.1) is 39.3 Å². The minimum Gasteiger partial charge on any atom is -0.469 e. The molecule has 4 unspecified atom stereocenters. The molecule has 0 saturated carbocycles. The predicted octanol–water partition coefficient (Wildman–Crippen LogP) is 8.92. The molecule has 0 bridgehead atoms. The molecule has 0 aromatic carbocycles. The van der Waals surface area contributed by atoms with E-state index in [1.165, 1.54) is 14.2 Å². The Kier molecular flexibility index (Phi) is 24.6. The first kappa shape index (κ1) is 58.8. The minimum absolute atomic E-state index is 0.103. The number of hydroxylamine groups is 4. The number of carbonyl (C=O) groups is 6. The maximum atomic E-state index is 13.2. The number of rotatable bonds is 29. The monoisotopic (exact) mass is 941 g/mol. The van der Waals surface area contributed by atoms with Crippen LogP contribution in [0.4, 0.5) is 0 Å². The average molecular weight is 941 g/mol. The summed E-state index contributed by atoms with van der Waals surface area (Å²) in [5.41, 5.74) is -2.45. The molecule has 0 aromatic rings. The Morgan fingerprint density at radius 1 is 0.485 bits per heavy atom. The van der Waals surface area contributed by atoms with Crippen molar-refractivity contribution >= 4 is 35.8 Å². The van der Waals surface area contributed by atoms with Gasteiger partial charge in [-0.3, -0.25) is 28.9 Å². The van der Waals surface area contributed by atoms with E-state index < -0.39 is 70.1 Å². The molecule has 0 aliphatic carbocycles. The maximum Gasteiger partial charge on any atom is 0.337 e. The van der Waals surface area contributed by atoms with Crippen LogP contribution in [0.1, 0.15) is 199 Å². The highest BCUT2D eigenvalue weighted by molar-refractivity contribution is 5.78.